The smallest absolute Gasteiger partial charge is 0.318 e. The second kappa shape index (κ2) is 5.39. The second-order valence-corrected chi connectivity index (χ2v) is 4.74. The van der Waals surface area contributed by atoms with E-state index in [-0.39, 0.29) is 6.03 Å². The molecule has 1 aliphatic carbocycles. The number of amides is 2. The number of hydrogen-bond acceptors (Lipinski definition) is 3. The van der Waals surface area contributed by atoms with Gasteiger partial charge in [0, 0.05) is 31.9 Å². The molecule has 2 amide bonds. The number of carbonyl (C=O) groups excluding carboxylic acids is 1. The molecule has 2 atom stereocenters. The van der Waals surface area contributed by atoms with E-state index in [0.717, 1.165) is 13.1 Å². The number of carbonyl (C=O) groups is 1. The quantitative estimate of drug-likeness (QED) is 0.696. The van der Waals surface area contributed by atoms with Gasteiger partial charge < -0.3 is 20.9 Å². The monoisotopic (exact) mass is 254 g/mol. The van der Waals surface area contributed by atoms with E-state index >= 15 is 0 Å². The van der Waals surface area contributed by atoms with Crippen molar-refractivity contribution in [2.24, 2.45) is 5.73 Å². The molecule has 2 unspecified atom stereocenters. The molecule has 18 heavy (non-hydrogen) atoms. The van der Waals surface area contributed by atoms with Crippen LogP contribution in [0.5, 0.6) is 0 Å². The molecule has 0 aromatic heterocycles. The number of urea groups is 1. The summed E-state index contributed by atoms with van der Waals surface area (Å²) in [6.45, 7) is 3.04. The van der Waals surface area contributed by atoms with Gasteiger partial charge in [-0.05, 0) is 19.2 Å². The van der Waals surface area contributed by atoms with Crippen molar-refractivity contribution in [3.05, 3.63) is 23.9 Å². The SMILES string of the molecule is CN1CCN(C(=O)NC2C=CC(N)=CC2F)CC1. The van der Waals surface area contributed by atoms with Crippen LogP contribution in [0, 0.1) is 0 Å². The van der Waals surface area contributed by atoms with Crippen LogP contribution < -0.4 is 11.1 Å². The van der Waals surface area contributed by atoms with E-state index in [0.29, 0.717) is 18.8 Å². The molecule has 5 nitrogen and oxygen atoms in total. The number of hydrogen-bond donors (Lipinski definition) is 2. The fourth-order valence-corrected chi connectivity index (χ4v) is 2.04. The van der Waals surface area contributed by atoms with Gasteiger partial charge in [-0.3, -0.25) is 0 Å². The molecule has 3 N–H and O–H groups in total. The summed E-state index contributed by atoms with van der Waals surface area (Å²) in [6, 6.07) is -0.835. The minimum Gasteiger partial charge on any atom is -0.399 e. The van der Waals surface area contributed by atoms with Crippen molar-refractivity contribution in [1.29, 1.82) is 0 Å². The lowest BCUT2D eigenvalue weighted by molar-refractivity contribution is 0.150. The molecule has 2 rings (SSSR count). The Hall–Kier alpha value is -1.56. The summed E-state index contributed by atoms with van der Waals surface area (Å²) in [6.07, 6.45) is 3.26. The highest BCUT2D eigenvalue weighted by Crippen LogP contribution is 2.12. The predicted molar refractivity (Wildman–Crippen MR) is 67.7 cm³/mol. The van der Waals surface area contributed by atoms with Gasteiger partial charge in [0.1, 0.15) is 6.17 Å². The molecule has 0 bridgehead atoms. The van der Waals surface area contributed by atoms with Crippen molar-refractivity contribution >= 4 is 6.03 Å². The third-order valence-electron chi connectivity index (χ3n) is 3.27. The van der Waals surface area contributed by atoms with Gasteiger partial charge in [0.2, 0.25) is 0 Å². The molecule has 6 heteroatoms. The van der Waals surface area contributed by atoms with Crippen LogP contribution in [0.15, 0.2) is 23.9 Å². The van der Waals surface area contributed by atoms with Crippen LogP contribution in [0.25, 0.3) is 0 Å². The maximum absolute atomic E-state index is 13.6. The predicted octanol–water partition coefficient (Wildman–Crippen LogP) is 0.0625. The number of piperazine rings is 1. The standard InChI is InChI=1S/C12H19FN4O/c1-16-4-6-17(7-5-16)12(18)15-11-3-2-9(14)8-10(11)13/h2-3,8,10-11H,4-7,14H2,1H3,(H,15,18). The van der Waals surface area contributed by atoms with Crippen LogP contribution in [0.1, 0.15) is 0 Å². The molecule has 0 aromatic carbocycles. The second-order valence-electron chi connectivity index (χ2n) is 4.74. The van der Waals surface area contributed by atoms with Crippen molar-refractivity contribution in [2.75, 3.05) is 33.2 Å². The van der Waals surface area contributed by atoms with Crippen LogP contribution in [0.4, 0.5) is 9.18 Å². The molecule has 2 aliphatic rings. The van der Waals surface area contributed by atoms with Crippen molar-refractivity contribution < 1.29 is 9.18 Å². The van der Waals surface area contributed by atoms with Crippen LogP contribution in [-0.2, 0) is 0 Å². The third-order valence-corrected chi connectivity index (χ3v) is 3.27. The van der Waals surface area contributed by atoms with E-state index in [2.05, 4.69) is 10.2 Å². The van der Waals surface area contributed by atoms with Crippen LogP contribution in [0.3, 0.4) is 0 Å². The normalized spacial score (nSPS) is 29.0. The number of rotatable bonds is 1. The zero-order valence-electron chi connectivity index (χ0n) is 10.5. The topological polar surface area (TPSA) is 61.6 Å². The van der Waals surface area contributed by atoms with Crippen LogP contribution in [0.2, 0.25) is 0 Å². The van der Waals surface area contributed by atoms with Gasteiger partial charge in [0.05, 0.1) is 6.04 Å². The Morgan fingerprint density at radius 1 is 1.44 bits per heavy atom. The number of alkyl halides is 1. The maximum Gasteiger partial charge on any atom is 0.318 e. The van der Waals surface area contributed by atoms with E-state index in [1.165, 1.54) is 6.08 Å². The highest BCUT2D eigenvalue weighted by Gasteiger charge is 2.25. The van der Waals surface area contributed by atoms with Crippen LogP contribution in [-0.4, -0.2) is 61.3 Å². The average Bonchev–Trinajstić information content (AvgIpc) is 2.33. The number of nitrogens with two attached hydrogens (primary N) is 1. The molecule has 0 saturated carbocycles. The average molecular weight is 254 g/mol. The van der Waals surface area contributed by atoms with E-state index in [4.69, 9.17) is 5.73 Å². The summed E-state index contributed by atoms with van der Waals surface area (Å²) < 4.78 is 13.6. The lowest BCUT2D eigenvalue weighted by Crippen LogP contribution is -2.53. The fourth-order valence-electron chi connectivity index (χ4n) is 2.04. The zero-order chi connectivity index (χ0) is 13.1. The molecular formula is C12H19FN4O. The van der Waals surface area contributed by atoms with E-state index in [9.17, 15) is 9.18 Å². The zero-order valence-corrected chi connectivity index (χ0v) is 10.5. The molecule has 1 fully saturated rings. The van der Waals surface area contributed by atoms with E-state index < -0.39 is 12.2 Å². The van der Waals surface area contributed by atoms with Crippen LogP contribution >= 0.6 is 0 Å². The number of halogens is 1. The van der Waals surface area contributed by atoms with Gasteiger partial charge in [-0.15, -0.1) is 0 Å². The van der Waals surface area contributed by atoms with E-state index in [1.807, 2.05) is 7.05 Å². The van der Waals surface area contributed by atoms with Crippen molar-refractivity contribution in [1.82, 2.24) is 15.1 Å². The summed E-state index contributed by atoms with van der Waals surface area (Å²) >= 11 is 0. The Bertz CT molecular complexity index is 374. The lowest BCUT2D eigenvalue weighted by Gasteiger charge is -2.33. The molecule has 0 radical (unpaired) electrons. The highest BCUT2D eigenvalue weighted by atomic mass is 19.1. The van der Waals surface area contributed by atoms with Gasteiger partial charge in [-0.25, -0.2) is 9.18 Å². The van der Waals surface area contributed by atoms with Crippen molar-refractivity contribution in [3.8, 4) is 0 Å². The molecule has 1 heterocycles. The van der Waals surface area contributed by atoms with Gasteiger partial charge >= 0.3 is 6.03 Å². The summed E-state index contributed by atoms with van der Waals surface area (Å²) in [5.74, 6) is 0. The number of nitrogens with zero attached hydrogens (tertiary/aromatic N) is 2. The first kappa shape index (κ1) is 12.9. The lowest BCUT2D eigenvalue weighted by atomic mass is 10.1. The minimum absolute atomic E-state index is 0.214. The molecular weight excluding hydrogens is 235 g/mol. The Kier molecular flexibility index (Phi) is 3.86. The number of allylic oxidation sites excluding steroid dienone is 1. The van der Waals surface area contributed by atoms with Crippen molar-refractivity contribution in [2.45, 2.75) is 12.2 Å². The first-order chi connectivity index (χ1) is 8.56. The molecule has 0 spiro atoms. The number of likely N-dealkylation sites (N-methyl/N-ethyl adjacent to an activating group) is 1. The Morgan fingerprint density at radius 2 is 2.11 bits per heavy atom. The number of nitrogens with one attached hydrogen (secondary N) is 1. The Balaban J connectivity index is 1.86. The van der Waals surface area contributed by atoms with Gasteiger partial charge in [0.15, 0.2) is 0 Å². The summed E-state index contributed by atoms with van der Waals surface area (Å²) in [5, 5.41) is 2.68. The van der Waals surface area contributed by atoms with Crippen molar-refractivity contribution in [3.63, 3.8) is 0 Å². The molecule has 1 saturated heterocycles. The largest absolute Gasteiger partial charge is 0.399 e. The highest BCUT2D eigenvalue weighted by molar-refractivity contribution is 5.75. The molecule has 100 valence electrons. The summed E-state index contributed by atoms with van der Waals surface area (Å²) in [7, 11) is 2.02. The first-order valence-corrected chi connectivity index (χ1v) is 6.10. The Labute approximate surface area is 106 Å². The Morgan fingerprint density at radius 3 is 2.72 bits per heavy atom. The van der Waals surface area contributed by atoms with Gasteiger partial charge in [-0.1, -0.05) is 6.08 Å². The molecule has 1 aliphatic heterocycles. The van der Waals surface area contributed by atoms with E-state index in [1.54, 1.807) is 17.1 Å². The summed E-state index contributed by atoms with van der Waals surface area (Å²) in [4.78, 5) is 15.8. The summed E-state index contributed by atoms with van der Waals surface area (Å²) in [5.41, 5.74) is 5.88. The fraction of sp³-hybridized carbons (Fsp3) is 0.583. The van der Waals surface area contributed by atoms with Gasteiger partial charge in [0.25, 0.3) is 0 Å². The molecule has 0 aromatic rings. The third kappa shape index (κ3) is 3.01. The van der Waals surface area contributed by atoms with Gasteiger partial charge in [-0.2, -0.15) is 0 Å². The first-order valence-electron chi connectivity index (χ1n) is 6.10. The minimum atomic E-state index is -1.26. The maximum atomic E-state index is 13.6.